The molecule has 0 unspecified atom stereocenters. The highest BCUT2D eigenvalue weighted by molar-refractivity contribution is 6.04. The van der Waals surface area contributed by atoms with Crippen molar-refractivity contribution in [1.82, 2.24) is 10.2 Å². The van der Waals surface area contributed by atoms with Crippen molar-refractivity contribution >= 4 is 17.5 Å². The van der Waals surface area contributed by atoms with Gasteiger partial charge in [-0.25, -0.2) is 0 Å². The molecule has 7 heteroatoms. The Labute approximate surface area is 170 Å². The van der Waals surface area contributed by atoms with Crippen LogP contribution in [0.1, 0.15) is 39.1 Å². The quantitative estimate of drug-likeness (QED) is 0.843. The zero-order chi connectivity index (χ0) is 20.5. The van der Waals surface area contributed by atoms with Gasteiger partial charge < -0.3 is 24.6 Å². The van der Waals surface area contributed by atoms with Crippen LogP contribution in [-0.2, 0) is 6.54 Å². The van der Waals surface area contributed by atoms with Crippen molar-refractivity contribution in [2.75, 3.05) is 32.7 Å². The third-order valence-corrected chi connectivity index (χ3v) is 5.73. The summed E-state index contributed by atoms with van der Waals surface area (Å²) in [5.74, 6) is 1.21. The fourth-order valence-corrected chi connectivity index (χ4v) is 4.12. The summed E-state index contributed by atoms with van der Waals surface area (Å²) >= 11 is 0. The van der Waals surface area contributed by atoms with Gasteiger partial charge in [0.15, 0.2) is 0 Å². The maximum absolute atomic E-state index is 12.8. The summed E-state index contributed by atoms with van der Waals surface area (Å²) in [6.45, 7) is 1.12. The molecule has 2 aromatic rings. The molecule has 0 radical (unpaired) electrons. The van der Waals surface area contributed by atoms with Crippen molar-refractivity contribution < 1.29 is 19.1 Å². The Hall–Kier alpha value is -3.22. The largest absolute Gasteiger partial charge is 0.497 e. The summed E-state index contributed by atoms with van der Waals surface area (Å²) < 4.78 is 10.6. The number of hydrogen-bond acceptors (Lipinski definition) is 5. The van der Waals surface area contributed by atoms with Gasteiger partial charge in [-0.15, -0.1) is 0 Å². The van der Waals surface area contributed by atoms with Crippen LogP contribution in [-0.4, -0.2) is 50.7 Å². The fourth-order valence-electron chi connectivity index (χ4n) is 4.12. The Kier molecular flexibility index (Phi) is 5.05. The zero-order valence-corrected chi connectivity index (χ0v) is 16.9. The van der Waals surface area contributed by atoms with E-state index in [-0.39, 0.29) is 18.0 Å². The highest BCUT2D eigenvalue weighted by Crippen LogP contribution is 2.35. The average molecular weight is 395 g/mol. The molecule has 2 heterocycles. The number of benzene rings is 2. The Morgan fingerprint density at radius 3 is 2.76 bits per heavy atom. The topological polar surface area (TPSA) is 71.1 Å². The Morgan fingerprint density at radius 2 is 2.00 bits per heavy atom. The second kappa shape index (κ2) is 7.66. The fraction of sp³-hybridized carbons (Fsp3) is 0.364. The van der Waals surface area contributed by atoms with Gasteiger partial charge in [0, 0.05) is 37.3 Å². The van der Waals surface area contributed by atoms with Crippen molar-refractivity contribution in [3.63, 3.8) is 0 Å². The molecule has 1 N–H and O–H groups in total. The van der Waals surface area contributed by atoms with Crippen molar-refractivity contribution in [1.29, 1.82) is 0 Å². The van der Waals surface area contributed by atoms with E-state index in [1.54, 1.807) is 32.4 Å². The van der Waals surface area contributed by atoms with E-state index >= 15 is 0 Å². The summed E-state index contributed by atoms with van der Waals surface area (Å²) in [4.78, 5) is 29.5. The van der Waals surface area contributed by atoms with E-state index in [4.69, 9.17) is 9.47 Å². The lowest BCUT2D eigenvalue weighted by Gasteiger charge is -2.40. The Morgan fingerprint density at radius 1 is 1.17 bits per heavy atom. The van der Waals surface area contributed by atoms with Gasteiger partial charge in [0.1, 0.15) is 17.7 Å². The van der Waals surface area contributed by atoms with E-state index in [0.717, 1.165) is 30.6 Å². The third kappa shape index (κ3) is 3.37. The maximum Gasteiger partial charge on any atom is 0.257 e. The molecule has 0 spiro atoms. The number of methoxy groups -OCH3 is 2. The van der Waals surface area contributed by atoms with E-state index in [2.05, 4.69) is 10.2 Å². The minimum atomic E-state index is -0.194. The molecule has 1 saturated heterocycles. The molecule has 2 aromatic carbocycles. The summed E-state index contributed by atoms with van der Waals surface area (Å²) in [5, 5.41) is 2.93. The Balaban J connectivity index is 1.52. The molecule has 1 fully saturated rings. The van der Waals surface area contributed by atoms with Crippen molar-refractivity contribution in [3.8, 4) is 11.5 Å². The smallest absolute Gasteiger partial charge is 0.257 e. The minimum absolute atomic E-state index is 0.0514. The van der Waals surface area contributed by atoms with Crippen molar-refractivity contribution in [2.24, 2.45) is 0 Å². The molecule has 0 saturated carbocycles. The van der Waals surface area contributed by atoms with Gasteiger partial charge >= 0.3 is 0 Å². The van der Waals surface area contributed by atoms with E-state index in [1.165, 1.54) is 0 Å². The molecule has 2 aliphatic rings. The van der Waals surface area contributed by atoms with Crippen LogP contribution >= 0.6 is 0 Å². The summed E-state index contributed by atoms with van der Waals surface area (Å²) in [6, 6.07) is 10.8. The number of amides is 2. The summed E-state index contributed by atoms with van der Waals surface area (Å²) in [6.07, 6.45) is 2.04. The van der Waals surface area contributed by atoms with Crippen molar-refractivity contribution in [3.05, 3.63) is 53.1 Å². The second-order valence-electron chi connectivity index (χ2n) is 7.32. The molecule has 29 heavy (non-hydrogen) atoms. The second-order valence-corrected chi connectivity index (χ2v) is 7.32. The zero-order valence-electron chi connectivity index (χ0n) is 16.9. The molecule has 152 valence electrons. The number of hydrogen-bond donors (Lipinski definition) is 1. The monoisotopic (exact) mass is 395 g/mol. The van der Waals surface area contributed by atoms with E-state index in [0.29, 0.717) is 29.2 Å². The first kappa shape index (κ1) is 19.1. The predicted octanol–water partition coefficient (Wildman–Crippen LogP) is 2.65. The van der Waals surface area contributed by atoms with Crippen LogP contribution in [0.3, 0.4) is 0 Å². The minimum Gasteiger partial charge on any atom is -0.497 e. The summed E-state index contributed by atoms with van der Waals surface area (Å²) in [5.41, 5.74) is 2.85. The van der Waals surface area contributed by atoms with Crippen molar-refractivity contribution in [2.45, 2.75) is 25.6 Å². The van der Waals surface area contributed by atoms with Crippen LogP contribution in [0.15, 0.2) is 36.4 Å². The molecule has 0 bridgehead atoms. The standard InChI is InChI=1S/C22H25N3O4/c1-24-18-11-14(7-9-17(18)22(27)25-10-4-5-20(24)25)21(26)23-13-15-6-8-16(28-2)12-19(15)29-3/h6-9,11-12,20H,4-5,10,13H2,1-3H3,(H,23,26)/t20-/m1/s1. The van der Waals surface area contributed by atoms with Gasteiger partial charge in [-0.2, -0.15) is 0 Å². The molecular formula is C22H25N3O4. The average Bonchev–Trinajstić information content (AvgIpc) is 3.25. The number of rotatable bonds is 5. The third-order valence-electron chi connectivity index (χ3n) is 5.73. The number of nitrogens with zero attached hydrogens (tertiary/aromatic N) is 2. The lowest BCUT2D eigenvalue weighted by Crippen LogP contribution is -2.50. The van der Waals surface area contributed by atoms with Gasteiger partial charge in [-0.05, 0) is 43.2 Å². The molecule has 0 aromatic heterocycles. The van der Waals surface area contributed by atoms with Gasteiger partial charge in [0.25, 0.3) is 11.8 Å². The number of nitrogens with one attached hydrogen (secondary N) is 1. The molecule has 2 amide bonds. The SMILES string of the molecule is COc1ccc(CNC(=O)c2ccc3c(c2)N(C)[C@H]2CCCN2C3=O)c(OC)c1. The number of carbonyl (C=O) groups excluding carboxylic acids is 2. The van der Waals surface area contributed by atoms with Crippen LogP contribution in [0, 0.1) is 0 Å². The van der Waals surface area contributed by atoms with Crippen LogP contribution in [0.25, 0.3) is 0 Å². The maximum atomic E-state index is 12.8. The molecular weight excluding hydrogens is 370 g/mol. The molecule has 1 atom stereocenters. The summed E-state index contributed by atoms with van der Waals surface area (Å²) in [7, 11) is 5.17. The lowest BCUT2D eigenvalue weighted by molar-refractivity contribution is 0.0719. The number of carbonyl (C=O) groups is 2. The van der Waals surface area contributed by atoms with Crippen LogP contribution in [0.2, 0.25) is 0 Å². The molecule has 0 aliphatic carbocycles. The van der Waals surface area contributed by atoms with E-state index < -0.39 is 0 Å². The van der Waals surface area contributed by atoms with Gasteiger partial charge in [-0.3, -0.25) is 9.59 Å². The normalized spacial score (nSPS) is 17.6. The van der Waals surface area contributed by atoms with Crippen LogP contribution in [0.5, 0.6) is 11.5 Å². The Bertz CT molecular complexity index is 959. The van der Waals surface area contributed by atoms with E-state index in [9.17, 15) is 9.59 Å². The number of ether oxygens (including phenoxy) is 2. The lowest BCUT2D eigenvalue weighted by atomic mass is 10.0. The van der Waals surface area contributed by atoms with E-state index in [1.807, 2.05) is 30.1 Å². The first-order chi connectivity index (χ1) is 14.0. The number of fused-ring (bicyclic) bond motifs is 2. The molecule has 2 aliphatic heterocycles. The number of anilines is 1. The van der Waals surface area contributed by atoms with Gasteiger partial charge in [0.2, 0.25) is 0 Å². The van der Waals surface area contributed by atoms with Gasteiger partial charge in [0.05, 0.1) is 25.5 Å². The highest BCUT2D eigenvalue weighted by atomic mass is 16.5. The van der Waals surface area contributed by atoms with Gasteiger partial charge in [-0.1, -0.05) is 0 Å². The van der Waals surface area contributed by atoms with Crippen LogP contribution < -0.4 is 19.7 Å². The molecule has 4 rings (SSSR count). The highest BCUT2D eigenvalue weighted by Gasteiger charge is 2.38. The first-order valence-corrected chi connectivity index (χ1v) is 9.70. The van der Waals surface area contributed by atoms with Crippen LogP contribution in [0.4, 0.5) is 5.69 Å². The molecule has 7 nitrogen and oxygen atoms in total. The first-order valence-electron chi connectivity index (χ1n) is 9.70. The predicted molar refractivity (Wildman–Crippen MR) is 110 cm³/mol.